The molecule has 8 heteroatoms. The van der Waals surface area contributed by atoms with Crippen LogP contribution >= 0.6 is 11.3 Å². The van der Waals surface area contributed by atoms with Crippen molar-refractivity contribution in [2.75, 3.05) is 19.0 Å². The van der Waals surface area contributed by atoms with Crippen LogP contribution in [0.25, 0.3) is 10.2 Å². The minimum Gasteiger partial charge on any atom is -0.497 e. The summed E-state index contributed by atoms with van der Waals surface area (Å²) < 4.78 is 12.4. The summed E-state index contributed by atoms with van der Waals surface area (Å²) in [6.45, 7) is 3.02. The van der Waals surface area contributed by atoms with Crippen LogP contribution in [0.3, 0.4) is 0 Å². The number of hydrogen-bond acceptors (Lipinski definition) is 6. The van der Waals surface area contributed by atoms with Crippen molar-refractivity contribution in [3.05, 3.63) is 51.4 Å². The fourth-order valence-electron chi connectivity index (χ4n) is 3.40. The van der Waals surface area contributed by atoms with Crippen molar-refractivity contribution >= 4 is 33.1 Å². The van der Waals surface area contributed by atoms with Gasteiger partial charge in [-0.2, -0.15) is 0 Å². The molecule has 0 radical (unpaired) electrons. The van der Waals surface area contributed by atoms with Gasteiger partial charge in [0.05, 0.1) is 36.3 Å². The van der Waals surface area contributed by atoms with Gasteiger partial charge in [0.25, 0.3) is 11.5 Å². The molecule has 4 rings (SSSR count). The zero-order chi connectivity index (χ0) is 19.7. The van der Waals surface area contributed by atoms with E-state index in [0.29, 0.717) is 38.6 Å². The number of nitrogens with zero attached hydrogens (tertiary/aromatic N) is 2. The van der Waals surface area contributed by atoms with E-state index in [1.165, 1.54) is 11.3 Å². The van der Waals surface area contributed by atoms with Crippen molar-refractivity contribution in [1.82, 2.24) is 9.55 Å². The fraction of sp³-hybridized carbons (Fsp3) is 0.350. The molecule has 146 valence electrons. The Balaban J connectivity index is 1.64. The predicted molar refractivity (Wildman–Crippen MR) is 109 cm³/mol. The molecule has 1 aliphatic heterocycles. The Morgan fingerprint density at radius 2 is 2.32 bits per heavy atom. The molecule has 0 unspecified atom stereocenters. The number of aryl methyl sites for hydroxylation is 1. The number of carbonyl (C=O) groups excluding carboxylic acids is 1. The molecule has 3 aromatic rings. The standard InChI is InChI=1S/C20H21N3O4S/c1-12-16-19(21-11-23(20(16)25)10-15-7-4-8-27-15)28-17(12)18(24)22-13-5-3-6-14(9-13)26-2/h3,5-6,9,11,15H,4,7-8,10H2,1-2H3,(H,22,24)/t15-/m1/s1. The molecule has 1 aliphatic rings. The van der Waals surface area contributed by atoms with Gasteiger partial charge in [0.2, 0.25) is 0 Å². The molecule has 1 fully saturated rings. The number of carbonyl (C=O) groups is 1. The number of aromatic nitrogens is 2. The number of methoxy groups -OCH3 is 1. The van der Waals surface area contributed by atoms with Gasteiger partial charge in [-0.15, -0.1) is 11.3 Å². The number of nitrogens with one attached hydrogen (secondary N) is 1. The minimum atomic E-state index is -0.265. The molecule has 1 atom stereocenters. The summed E-state index contributed by atoms with van der Waals surface area (Å²) in [7, 11) is 1.57. The molecule has 7 nitrogen and oxygen atoms in total. The molecule has 0 aliphatic carbocycles. The molecule has 1 N–H and O–H groups in total. The van der Waals surface area contributed by atoms with Gasteiger partial charge < -0.3 is 14.8 Å². The number of anilines is 1. The van der Waals surface area contributed by atoms with Gasteiger partial charge in [-0.25, -0.2) is 4.98 Å². The molecule has 2 aromatic heterocycles. The van der Waals surface area contributed by atoms with E-state index in [0.717, 1.165) is 19.4 Å². The second kappa shape index (κ2) is 7.73. The number of hydrogen-bond donors (Lipinski definition) is 1. The van der Waals surface area contributed by atoms with Crippen LogP contribution in [0.4, 0.5) is 5.69 Å². The van der Waals surface area contributed by atoms with Crippen LogP contribution in [0, 0.1) is 6.92 Å². The molecule has 1 saturated heterocycles. The number of amides is 1. The highest BCUT2D eigenvalue weighted by atomic mass is 32.1. The van der Waals surface area contributed by atoms with E-state index in [4.69, 9.17) is 9.47 Å². The summed E-state index contributed by atoms with van der Waals surface area (Å²) in [6.07, 6.45) is 3.56. The van der Waals surface area contributed by atoms with Gasteiger partial charge in [-0.1, -0.05) is 6.07 Å². The van der Waals surface area contributed by atoms with E-state index in [2.05, 4.69) is 10.3 Å². The lowest BCUT2D eigenvalue weighted by Crippen LogP contribution is -2.26. The summed E-state index contributed by atoms with van der Waals surface area (Å²) in [5, 5.41) is 3.36. The maximum Gasteiger partial charge on any atom is 0.266 e. The second-order valence-electron chi connectivity index (χ2n) is 6.76. The molecule has 0 bridgehead atoms. The average molecular weight is 399 g/mol. The monoisotopic (exact) mass is 399 g/mol. The Morgan fingerprint density at radius 3 is 3.07 bits per heavy atom. The maximum atomic E-state index is 12.9. The lowest BCUT2D eigenvalue weighted by atomic mass is 10.2. The highest BCUT2D eigenvalue weighted by Gasteiger charge is 2.22. The predicted octanol–water partition coefficient (Wildman–Crippen LogP) is 3.21. The Hall–Kier alpha value is -2.71. The molecule has 0 saturated carbocycles. The quantitative estimate of drug-likeness (QED) is 0.712. The molecular weight excluding hydrogens is 378 g/mol. The van der Waals surface area contributed by atoms with Gasteiger partial charge in [0.15, 0.2) is 0 Å². The van der Waals surface area contributed by atoms with Crippen molar-refractivity contribution in [3.8, 4) is 5.75 Å². The Labute approximate surface area is 165 Å². The van der Waals surface area contributed by atoms with Crippen LogP contribution in [0.15, 0.2) is 35.4 Å². The highest BCUT2D eigenvalue weighted by molar-refractivity contribution is 7.20. The average Bonchev–Trinajstić information content (AvgIpc) is 3.32. The van der Waals surface area contributed by atoms with E-state index in [1.54, 1.807) is 49.2 Å². The third kappa shape index (κ3) is 3.53. The summed E-state index contributed by atoms with van der Waals surface area (Å²) in [6, 6.07) is 7.14. The Morgan fingerprint density at radius 1 is 1.46 bits per heavy atom. The molecule has 1 amide bonds. The Bertz CT molecular complexity index is 1080. The minimum absolute atomic E-state index is 0.0479. The van der Waals surface area contributed by atoms with Crippen molar-refractivity contribution in [2.45, 2.75) is 32.4 Å². The van der Waals surface area contributed by atoms with E-state index in [1.807, 2.05) is 0 Å². The normalized spacial score (nSPS) is 16.4. The van der Waals surface area contributed by atoms with Gasteiger partial charge in [-0.3, -0.25) is 14.2 Å². The van der Waals surface area contributed by atoms with Crippen molar-refractivity contribution in [1.29, 1.82) is 0 Å². The lowest BCUT2D eigenvalue weighted by molar-refractivity contribution is 0.0960. The second-order valence-corrected chi connectivity index (χ2v) is 7.76. The van der Waals surface area contributed by atoms with Gasteiger partial charge >= 0.3 is 0 Å². The first-order valence-electron chi connectivity index (χ1n) is 9.12. The Kier molecular flexibility index (Phi) is 5.15. The summed E-state index contributed by atoms with van der Waals surface area (Å²) in [5.41, 5.74) is 1.15. The first-order valence-corrected chi connectivity index (χ1v) is 9.94. The highest BCUT2D eigenvalue weighted by Crippen LogP contribution is 2.28. The SMILES string of the molecule is COc1cccc(NC(=O)c2sc3ncn(C[C@H]4CCCO4)c(=O)c3c2C)c1. The zero-order valence-electron chi connectivity index (χ0n) is 15.7. The third-order valence-electron chi connectivity index (χ3n) is 4.88. The number of benzene rings is 1. The largest absolute Gasteiger partial charge is 0.497 e. The van der Waals surface area contributed by atoms with Crippen LogP contribution in [-0.4, -0.2) is 35.3 Å². The van der Waals surface area contributed by atoms with Crippen LogP contribution in [0.2, 0.25) is 0 Å². The fourth-order valence-corrected chi connectivity index (χ4v) is 4.44. The van der Waals surface area contributed by atoms with Gasteiger partial charge in [-0.05, 0) is 37.5 Å². The number of thiophene rings is 1. The van der Waals surface area contributed by atoms with Crippen molar-refractivity contribution < 1.29 is 14.3 Å². The molecular formula is C20H21N3O4S. The van der Waals surface area contributed by atoms with E-state index in [9.17, 15) is 9.59 Å². The first kappa shape index (κ1) is 18.6. The third-order valence-corrected chi connectivity index (χ3v) is 6.07. The maximum absolute atomic E-state index is 12.9. The number of rotatable bonds is 5. The molecule has 0 spiro atoms. The summed E-state index contributed by atoms with van der Waals surface area (Å²) in [5.74, 6) is 0.392. The molecule has 1 aromatic carbocycles. The van der Waals surface area contributed by atoms with Crippen LogP contribution in [-0.2, 0) is 11.3 Å². The smallest absolute Gasteiger partial charge is 0.266 e. The topological polar surface area (TPSA) is 82.4 Å². The number of fused-ring (bicyclic) bond motifs is 1. The van der Waals surface area contributed by atoms with Crippen LogP contribution < -0.4 is 15.6 Å². The van der Waals surface area contributed by atoms with Crippen LogP contribution in [0.1, 0.15) is 28.1 Å². The summed E-state index contributed by atoms with van der Waals surface area (Å²) in [4.78, 5) is 31.2. The van der Waals surface area contributed by atoms with Crippen molar-refractivity contribution in [3.63, 3.8) is 0 Å². The molecule has 28 heavy (non-hydrogen) atoms. The van der Waals surface area contributed by atoms with Crippen LogP contribution in [0.5, 0.6) is 5.75 Å². The molecule has 3 heterocycles. The zero-order valence-corrected chi connectivity index (χ0v) is 16.5. The van der Waals surface area contributed by atoms with E-state index in [-0.39, 0.29) is 17.6 Å². The van der Waals surface area contributed by atoms with Gasteiger partial charge in [0, 0.05) is 18.4 Å². The number of ether oxygens (including phenoxy) is 2. The van der Waals surface area contributed by atoms with Crippen molar-refractivity contribution in [2.24, 2.45) is 0 Å². The van der Waals surface area contributed by atoms with E-state index >= 15 is 0 Å². The first-order chi connectivity index (χ1) is 13.6. The van der Waals surface area contributed by atoms with Gasteiger partial charge in [0.1, 0.15) is 10.6 Å². The van der Waals surface area contributed by atoms with E-state index < -0.39 is 0 Å². The lowest BCUT2D eigenvalue weighted by Gasteiger charge is -2.11. The summed E-state index contributed by atoms with van der Waals surface area (Å²) >= 11 is 1.23.